The van der Waals surface area contributed by atoms with E-state index in [0.29, 0.717) is 5.56 Å². The van der Waals surface area contributed by atoms with Crippen molar-refractivity contribution >= 4 is 5.97 Å². The van der Waals surface area contributed by atoms with Gasteiger partial charge in [-0.15, -0.1) is 0 Å². The van der Waals surface area contributed by atoms with Crippen molar-refractivity contribution < 1.29 is 33.2 Å². The summed E-state index contributed by atoms with van der Waals surface area (Å²) in [6, 6.07) is 7.23. The van der Waals surface area contributed by atoms with Gasteiger partial charge in [0.25, 0.3) is 0 Å². The number of esters is 1. The molecule has 0 radical (unpaired) electrons. The Morgan fingerprint density at radius 1 is 1.07 bits per heavy atom. The van der Waals surface area contributed by atoms with Crippen LogP contribution in [-0.2, 0) is 28.4 Å². The minimum Gasteiger partial charge on any atom is -0.459 e. The number of benzene rings is 1. The average molecular weight is 378 g/mol. The van der Waals surface area contributed by atoms with Gasteiger partial charge in [-0.2, -0.15) is 0 Å². The molecule has 1 aromatic carbocycles. The summed E-state index contributed by atoms with van der Waals surface area (Å²) in [6.07, 6.45) is -1.38. The topological polar surface area (TPSA) is 72.5 Å². The fraction of sp³-hybridized carbons (Fsp3) is 0.650. The van der Waals surface area contributed by atoms with Crippen molar-refractivity contribution in [1.29, 1.82) is 0 Å². The Labute approximate surface area is 158 Å². The minimum absolute atomic E-state index is 0.0405. The Hall–Kier alpha value is -1.51. The number of carbonyl (C=O) groups is 1. The first kappa shape index (κ1) is 18.8. The van der Waals surface area contributed by atoms with E-state index in [1.807, 2.05) is 46.8 Å². The van der Waals surface area contributed by atoms with Crippen LogP contribution in [-0.4, -0.2) is 54.9 Å². The molecule has 7 heteroatoms. The van der Waals surface area contributed by atoms with Crippen LogP contribution >= 0.6 is 0 Å². The van der Waals surface area contributed by atoms with Gasteiger partial charge in [0.15, 0.2) is 11.6 Å². The molecule has 0 aromatic heterocycles. The van der Waals surface area contributed by atoms with Crippen LogP contribution in [0.2, 0.25) is 0 Å². The Morgan fingerprint density at radius 2 is 1.78 bits per heavy atom. The number of carbonyl (C=O) groups excluding carboxylic acids is 1. The van der Waals surface area contributed by atoms with Crippen molar-refractivity contribution in [2.45, 2.75) is 70.3 Å². The van der Waals surface area contributed by atoms with Crippen LogP contribution < -0.4 is 0 Å². The second kappa shape index (κ2) is 6.25. The molecule has 3 saturated heterocycles. The van der Waals surface area contributed by atoms with Crippen LogP contribution in [0.25, 0.3) is 0 Å². The molecule has 3 aliphatic rings. The lowest BCUT2D eigenvalue weighted by Crippen LogP contribution is -2.46. The van der Waals surface area contributed by atoms with Crippen molar-refractivity contribution in [3.63, 3.8) is 0 Å². The molecular weight excluding hydrogens is 352 g/mol. The molecule has 148 valence electrons. The van der Waals surface area contributed by atoms with Gasteiger partial charge < -0.3 is 28.4 Å². The summed E-state index contributed by atoms with van der Waals surface area (Å²) in [7, 11) is 0. The van der Waals surface area contributed by atoms with Crippen LogP contribution in [0.15, 0.2) is 24.3 Å². The van der Waals surface area contributed by atoms with E-state index >= 15 is 0 Å². The molecule has 4 atom stereocenters. The van der Waals surface area contributed by atoms with E-state index in [-0.39, 0.29) is 13.2 Å². The summed E-state index contributed by atoms with van der Waals surface area (Å²) in [6.45, 7) is 9.57. The SMILES string of the molecule is Cc1ccc(C(=O)OC[C@H]2O[C@]3(COC(C)(C)O3)[C@@H]3OC(C)(C)O[C@@H]32)cc1. The predicted molar refractivity (Wildman–Crippen MR) is 94.0 cm³/mol. The van der Waals surface area contributed by atoms with E-state index in [1.165, 1.54) is 0 Å². The Balaban J connectivity index is 1.48. The van der Waals surface area contributed by atoms with Crippen molar-refractivity contribution in [1.82, 2.24) is 0 Å². The maximum absolute atomic E-state index is 12.3. The molecule has 4 rings (SSSR count). The van der Waals surface area contributed by atoms with Crippen molar-refractivity contribution in [3.8, 4) is 0 Å². The summed E-state index contributed by atoms with van der Waals surface area (Å²) in [4.78, 5) is 12.3. The van der Waals surface area contributed by atoms with Gasteiger partial charge in [-0.1, -0.05) is 17.7 Å². The van der Waals surface area contributed by atoms with Gasteiger partial charge in [-0.3, -0.25) is 0 Å². The third-order valence-corrected chi connectivity index (χ3v) is 4.99. The quantitative estimate of drug-likeness (QED) is 0.749. The van der Waals surface area contributed by atoms with E-state index in [0.717, 1.165) is 5.56 Å². The van der Waals surface area contributed by atoms with Gasteiger partial charge in [0.2, 0.25) is 5.79 Å². The lowest BCUT2D eigenvalue weighted by atomic mass is 10.1. The van der Waals surface area contributed by atoms with E-state index in [9.17, 15) is 4.79 Å². The third-order valence-electron chi connectivity index (χ3n) is 4.99. The maximum atomic E-state index is 12.3. The smallest absolute Gasteiger partial charge is 0.338 e. The zero-order chi connectivity index (χ0) is 19.4. The van der Waals surface area contributed by atoms with E-state index < -0.39 is 41.6 Å². The summed E-state index contributed by atoms with van der Waals surface area (Å²) in [5.74, 6) is -3.03. The van der Waals surface area contributed by atoms with Crippen LogP contribution in [0, 0.1) is 6.92 Å². The average Bonchev–Trinajstić information content (AvgIpc) is 3.16. The van der Waals surface area contributed by atoms with E-state index in [2.05, 4.69) is 0 Å². The number of ether oxygens (including phenoxy) is 6. The highest BCUT2D eigenvalue weighted by Gasteiger charge is 2.67. The fourth-order valence-corrected chi connectivity index (χ4v) is 3.80. The van der Waals surface area contributed by atoms with Crippen molar-refractivity contribution in [2.24, 2.45) is 0 Å². The molecule has 0 N–H and O–H groups in total. The lowest BCUT2D eigenvalue weighted by Gasteiger charge is -2.30. The summed E-state index contributed by atoms with van der Waals surface area (Å²) < 4.78 is 35.5. The Kier molecular flexibility index (Phi) is 4.36. The Bertz CT molecular complexity index is 726. The van der Waals surface area contributed by atoms with Crippen molar-refractivity contribution in [2.75, 3.05) is 13.2 Å². The molecule has 0 amide bonds. The second-order valence-corrected chi connectivity index (χ2v) is 8.24. The first-order chi connectivity index (χ1) is 12.6. The summed E-state index contributed by atoms with van der Waals surface area (Å²) >= 11 is 0. The van der Waals surface area contributed by atoms with Gasteiger partial charge in [-0.25, -0.2) is 4.79 Å². The predicted octanol–water partition coefficient (Wildman–Crippen LogP) is 2.55. The standard InChI is InChI=1S/C20H26O7/c1-12-6-8-13(9-7-12)17(21)22-10-14-15-16(26-19(4,5)25-15)20(24-14)11-23-18(2,3)27-20/h6-9,14-16H,10-11H2,1-5H3/t14-,15-,16-,20+/m1/s1. The first-order valence-electron chi connectivity index (χ1n) is 9.21. The van der Waals surface area contributed by atoms with Gasteiger partial charge in [0.05, 0.1) is 5.56 Å². The van der Waals surface area contributed by atoms with Crippen LogP contribution in [0.1, 0.15) is 43.6 Å². The molecule has 27 heavy (non-hydrogen) atoms. The third kappa shape index (κ3) is 3.50. The van der Waals surface area contributed by atoms with Crippen LogP contribution in [0.5, 0.6) is 0 Å². The number of hydrogen-bond donors (Lipinski definition) is 0. The number of rotatable bonds is 3. The number of aryl methyl sites for hydroxylation is 1. The molecule has 3 heterocycles. The lowest BCUT2D eigenvalue weighted by molar-refractivity contribution is -0.298. The summed E-state index contributed by atoms with van der Waals surface area (Å²) in [5, 5.41) is 0. The molecule has 0 bridgehead atoms. The van der Waals surface area contributed by atoms with E-state index in [1.54, 1.807) is 12.1 Å². The molecule has 1 spiro atoms. The van der Waals surface area contributed by atoms with Gasteiger partial charge >= 0.3 is 5.97 Å². The zero-order valence-electron chi connectivity index (χ0n) is 16.3. The number of fused-ring (bicyclic) bond motifs is 2. The molecule has 0 saturated carbocycles. The highest BCUT2D eigenvalue weighted by Crippen LogP contribution is 2.49. The monoisotopic (exact) mass is 378 g/mol. The van der Waals surface area contributed by atoms with Gasteiger partial charge in [0.1, 0.15) is 31.5 Å². The summed E-state index contributed by atoms with van der Waals surface area (Å²) in [5.41, 5.74) is 1.57. The minimum atomic E-state index is -1.07. The van der Waals surface area contributed by atoms with Gasteiger partial charge in [0, 0.05) is 0 Å². The normalized spacial score (nSPS) is 36.1. The maximum Gasteiger partial charge on any atom is 0.338 e. The molecule has 0 aliphatic carbocycles. The van der Waals surface area contributed by atoms with Gasteiger partial charge in [-0.05, 0) is 46.8 Å². The highest BCUT2D eigenvalue weighted by atomic mass is 16.9. The largest absolute Gasteiger partial charge is 0.459 e. The molecule has 7 nitrogen and oxygen atoms in total. The fourth-order valence-electron chi connectivity index (χ4n) is 3.80. The molecule has 0 unspecified atom stereocenters. The molecule has 3 aliphatic heterocycles. The van der Waals surface area contributed by atoms with E-state index in [4.69, 9.17) is 28.4 Å². The van der Waals surface area contributed by atoms with Crippen molar-refractivity contribution in [3.05, 3.63) is 35.4 Å². The van der Waals surface area contributed by atoms with Crippen LogP contribution in [0.4, 0.5) is 0 Å². The molecule has 1 aromatic rings. The highest BCUT2D eigenvalue weighted by molar-refractivity contribution is 5.89. The number of hydrogen-bond acceptors (Lipinski definition) is 7. The second-order valence-electron chi connectivity index (χ2n) is 8.24. The van der Waals surface area contributed by atoms with Crippen LogP contribution in [0.3, 0.4) is 0 Å². The Morgan fingerprint density at radius 3 is 2.41 bits per heavy atom. The zero-order valence-corrected chi connectivity index (χ0v) is 16.3. The molecular formula is C20H26O7. The molecule has 3 fully saturated rings. The first-order valence-corrected chi connectivity index (χ1v) is 9.21.